The van der Waals surface area contributed by atoms with Crippen molar-refractivity contribution in [3.8, 4) is 11.1 Å². The molecule has 7 nitrogen and oxygen atoms in total. The number of aromatic amines is 1. The highest BCUT2D eigenvalue weighted by Crippen LogP contribution is 2.33. The maximum absolute atomic E-state index is 12.6. The van der Waals surface area contributed by atoms with Crippen LogP contribution in [0.3, 0.4) is 0 Å². The van der Waals surface area contributed by atoms with Crippen LogP contribution in [-0.2, 0) is 11.3 Å². The Balaban J connectivity index is 1.45. The summed E-state index contributed by atoms with van der Waals surface area (Å²) in [5.74, 6) is 0.458. The highest BCUT2D eigenvalue weighted by atomic mass is 16.2. The van der Waals surface area contributed by atoms with E-state index in [0.717, 1.165) is 37.2 Å². The van der Waals surface area contributed by atoms with Gasteiger partial charge in [0.25, 0.3) is 0 Å². The zero-order chi connectivity index (χ0) is 18.6. The second-order valence-electron chi connectivity index (χ2n) is 7.15. The van der Waals surface area contributed by atoms with Crippen LogP contribution in [0.25, 0.3) is 11.1 Å². The van der Waals surface area contributed by atoms with Crippen LogP contribution in [-0.4, -0.2) is 48.9 Å². The molecule has 1 fully saturated rings. The molecule has 3 heterocycles. The van der Waals surface area contributed by atoms with Gasteiger partial charge in [-0.3, -0.25) is 14.6 Å². The van der Waals surface area contributed by atoms with Crippen LogP contribution < -0.4 is 0 Å². The number of carbonyl (C=O) groups is 1. The minimum absolute atomic E-state index is 0.173. The number of aryl methyl sites for hydroxylation is 2. The molecule has 1 amide bonds. The molecule has 1 unspecified atom stereocenters. The first-order valence-electron chi connectivity index (χ1n) is 9.41. The maximum atomic E-state index is 12.6. The number of piperidine rings is 1. The molecule has 3 aromatic rings. The van der Waals surface area contributed by atoms with Crippen molar-refractivity contribution in [2.45, 2.75) is 38.6 Å². The van der Waals surface area contributed by atoms with Crippen molar-refractivity contribution in [1.82, 2.24) is 29.9 Å². The predicted octanol–water partition coefficient (Wildman–Crippen LogP) is 2.77. The van der Waals surface area contributed by atoms with Gasteiger partial charge < -0.3 is 4.90 Å². The normalized spacial score (nSPS) is 17.2. The second-order valence-corrected chi connectivity index (χ2v) is 7.15. The average Bonchev–Trinajstić information content (AvgIpc) is 3.39. The molecule has 4 rings (SSSR count). The number of nitrogens with zero attached hydrogens (tertiary/aromatic N) is 5. The SMILES string of the molecule is Cc1ccc(-c2cn[nH]c2C2CCCN(C(=O)CCn3cncn3)C2)cc1. The summed E-state index contributed by atoms with van der Waals surface area (Å²) >= 11 is 0. The number of likely N-dealkylation sites (tertiary alicyclic amines) is 1. The molecule has 0 aliphatic carbocycles. The summed E-state index contributed by atoms with van der Waals surface area (Å²) in [6.45, 7) is 4.21. The predicted molar refractivity (Wildman–Crippen MR) is 102 cm³/mol. The van der Waals surface area contributed by atoms with Crippen LogP contribution in [0, 0.1) is 6.92 Å². The summed E-state index contributed by atoms with van der Waals surface area (Å²) in [6, 6.07) is 8.50. The van der Waals surface area contributed by atoms with Crippen molar-refractivity contribution in [1.29, 1.82) is 0 Å². The highest BCUT2D eigenvalue weighted by Gasteiger charge is 2.27. The number of benzene rings is 1. The Kier molecular flexibility index (Phi) is 5.00. The zero-order valence-corrected chi connectivity index (χ0v) is 15.5. The van der Waals surface area contributed by atoms with Crippen molar-refractivity contribution >= 4 is 5.91 Å². The van der Waals surface area contributed by atoms with Crippen LogP contribution >= 0.6 is 0 Å². The quantitative estimate of drug-likeness (QED) is 0.755. The Morgan fingerprint density at radius 3 is 2.93 bits per heavy atom. The minimum atomic E-state index is 0.173. The Hall–Kier alpha value is -2.96. The molecule has 0 saturated carbocycles. The number of aromatic nitrogens is 5. The fourth-order valence-corrected chi connectivity index (χ4v) is 3.73. The van der Waals surface area contributed by atoms with Gasteiger partial charge in [-0.15, -0.1) is 0 Å². The Morgan fingerprint density at radius 2 is 2.15 bits per heavy atom. The Labute approximate surface area is 158 Å². The van der Waals surface area contributed by atoms with Gasteiger partial charge in [-0.25, -0.2) is 4.98 Å². The molecular formula is C20H24N6O. The van der Waals surface area contributed by atoms with Crippen LogP contribution in [0.1, 0.15) is 36.4 Å². The molecule has 1 aliphatic rings. The summed E-state index contributed by atoms with van der Waals surface area (Å²) in [5, 5.41) is 11.5. The molecule has 1 N–H and O–H groups in total. The van der Waals surface area contributed by atoms with E-state index >= 15 is 0 Å². The highest BCUT2D eigenvalue weighted by molar-refractivity contribution is 5.76. The molecule has 1 atom stereocenters. The second kappa shape index (κ2) is 7.73. The molecule has 1 aromatic carbocycles. The van der Waals surface area contributed by atoms with Gasteiger partial charge in [0.05, 0.1) is 12.7 Å². The number of nitrogens with one attached hydrogen (secondary N) is 1. The van der Waals surface area contributed by atoms with Gasteiger partial charge in [0.15, 0.2) is 0 Å². The lowest BCUT2D eigenvalue weighted by Crippen LogP contribution is -2.39. The lowest BCUT2D eigenvalue weighted by Gasteiger charge is -2.33. The van der Waals surface area contributed by atoms with Crippen LogP contribution in [0.2, 0.25) is 0 Å². The molecule has 1 aliphatic heterocycles. The number of hydrogen-bond donors (Lipinski definition) is 1. The van der Waals surface area contributed by atoms with E-state index in [9.17, 15) is 4.79 Å². The summed E-state index contributed by atoms with van der Waals surface area (Å²) < 4.78 is 1.70. The molecule has 2 aromatic heterocycles. The number of carbonyl (C=O) groups excluding carboxylic acids is 1. The van der Waals surface area contributed by atoms with E-state index < -0.39 is 0 Å². The van der Waals surface area contributed by atoms with Gasteiger partial charge in [0.1, 0.15) is 12.7 Å². The summed E-state index contributed by atoms with van der Waals surface area (Å²) in [7, 11) is 0. The van der Waals surface area contributed by atoms with Gasteiger partial charge >= 0.3 is 0 Å². The molecule has 140 valence electrons. The molecule has 1 saturated heterocycles. The number of hydrogen-bond acceptors (Lipinski definition) is 4. The Morgan fingerprint density at radius 1 is 1.30 bits per heavy atom. The number of H-pyrrole nitrogens is 1. The first kappa shape index (κ1) is 17.5. The fraction of sp³-hybridized carbons (Fsp3) is 0.400. The van der Waals surface area contributed by atoms with Crippen LogP contribution in [0.5, 0.6) is 0 Å². The largest absolute Gasteiger partial charge is 0.342 e. The molecule has 0 radical (unpaired) electrons. The monoisotopic (exact) mass is 364 g/mol. The van der Waals surface area contributed by atoms with Gasteiger partial charge in [-0.1, -0.05) is 29.8 Å². The smallest absolute Gasteiger partial charge is 0.224 e. The molecule has 7 heteroatoms. The van der Waals surface area contributed by atoms with E-state index in [1.807, 2.05) is 11.1 Å². The van der Waals surface area contributed by atoms with Gasteiger partial charge in [-0.2, -0.15) is 10.2 Å². The molecule has 0 spiro atoms. The van der Waals surface area contributed by atoms with Crippen LogP contribution in [0.4, 0.5) is 0 Å². The third-order valence-corrected chi connectivity index (χ3v) is 5.24. The van der Waals surface area contributed by atoms with Crippen molar-refractivity contribution in [3.05, 3.63) is 54.4 Å². The minimum Gasteiger partial charge on any atom is -0.342 e. The van der Waals surface area contributed by atoms with Gasteiger partial charge in [-0.05, 0) is 25.3 Å². The zero-order valence-electron chi connectivity index (χ0n) is 15.5. The summed E-state index contributed by atoms with van der Waals surface area (Å²) in [4.78, 5) is 18.5. The maximum Gasteiger partial charge on any atom is 0.224 e. The van der Waals surface area contributed by atoms with E-state index in [2.05, 4.69) is 51.5 Å². The van der Waals surface area contributed by atoms with Crippen molar-refractivity contribution in [3.63, 3.8) is 0 Å². The third kappa shape index (κ3) is 3.92. The lowest BCUT2D eigenvalue weighted by atomic mass is 9.90. The van der Waals surface area contributed by atoms with E-state index in [1.165, 1.54) is 17.5 Å². The fourth-order valence-electron chi connectivity index (χ4n) is 3.73. The number of amides is 1. The number of rotatable bonds is 5. The van der Waals surface area contributed by atoms with Crippen molar-refractivity contribution in [2.24, 2.45) is 0 Å². The standard InChI is InChI=1S/C20H24N6O/c1-15-4-6-16(7-5-15)18-11-22-24-20(18)17-3-2-9-25(12-17)19(27)8-10-26-14-21-13-23-26/h4-7,11,13-14,17H,2-3,8-10,12H2,1H3,(H,22,24). The van der Waals surface area contributed by atoms with Crippen LogP contribution in [0.15, 0.2) is 43.1 Å². The van der Waals surface area contributed by atoms with E-state index in [4.69, 9.17) is 0 Å². The third-order valence-electron chi connectivity index (χ3n) is 5.24. The first-order chi connectivity index (χ1) is 13.2. The van der Waals surface area contributed by atoms with E-state index in [-0.39, 0.29) is 11.8 Å². The molecule has 0 bridgehead atoms. The Bertz CT molecular complexity index is 884. The molecular weight excluding hydrogens is 340 g/mol. The van der Waals surface area contributed by atoms with E-state index in [1.54, 1.807) is 11.0 Å². The van der Waals surface area contributed by atoms with Crippen molar-refractivity contribution in [2.75, 3.05) is 13.1 Å². The average molecular weight is 364 g/mol. The summed E-state index contributed by atoms with van der Waals surface area (Å²) in [5.41, 5.74) is 4.68. The van der Waals surface area contributed by atoms with Crippen molar-refractivity contribution < 1.29 is 4.79 Å². The topological polar surface area (TPSA) is 79.7 Å². The van der Waals surface area contributed by atoms with Gasteiger partial charge in [0.2, 0.25) is 5.91 Å². The first-order valence-corrected chi connectivity index (χ1v) is 9.41. The summed E-state index contributed by atoms with van der Waals surface area (Å²) in [6.07, 6.45) is 7.55. The van der Waals surface area contributed by atoms with Gasteiger partial charge in [0, 0.05) is 36.7 Å². The van der Waals surface area contributed by atoms with E-state index in [0.29, 0.717) is 13.0 Å². The lowest BCUT2D eigenvalue weighted by molar-refractivity contribution is -0.132. The molecule has 27 heavy (non-hydrogen) atoms.